The predicted octanol–water partition coefficient (Wildman–Crippen LogP) is 5.50. The lowest BCUT2D eigenvalue weighted by molar-refractivity contribution is -0.120. The summed E-state index contributed by atoms with van der Waals surface area (Å²) in [7, 11) is 0. The smallest absolute Gasteiger partial charge is 0.263 e. The van der Waals surface area contributed by atoms with Crippen LogP contribution in [0.25, 0.3) is 0 Å². The van der Waals surface area contributed by atoms with Gasteiger partial charge in [-0.15, -0.1) is 0 Å². The van der Waals surface area contributed by atoms with Crippen molar-refractivity contribution < 1.29 is 9.53 Å². The molecular weight excluding hydrogens is 456 g/mol. The third-order valence-electron chi connectivity index (χ3n) is 5.40. The van der Waals surface area contributed by atoms with E-state index in [0.717, 1.165) is 40.7 Å². The highest BCUT2D eigenvalue weighted by atomic mass is 79.9. The fraction of sp³-hybridized carbons (Fsp3) is 0.292. The number of nitrogens with one attached hydrogen (secondary N) is 1. The van der Waals surface area contributed by atoms with E-state index >= 15 is 0 Å². The van der Waals surface area contributed by atoms with E-state index in [1.807, 2.05) is 56.3 Å². The van der Waals surface area contributed by atoms with Gasteiger partial charge in [0.2, 0.25) is 5.91 Å². The maximum absolute atomic E-state index is 12.9. The van der Waals surface area contributed by atoms with Crippen molar-refractivity contribution in [2.24, 2.45) is 5.92 Å². The summed E-state index contributed by atoms with van der Waals surface area (Å²) < 4.78 is 7.04. The van der Waals surface area contributed by atoms with E-state index in [1.54, 1.807) is 12.4 Å². The Morgan fingerprint density at radius 3 is 2.68 bits per heavy atom. The Balaban J connectivity index is 1.47. The van der Waals surface area contributed by atoms with E-state index in [0.29, 0.717) is 24.0 Å². The summed E-state index contributed by atoms with van der Waals surface area (Å²) in [6, 6.07) is 13.7. The second-order valence-corrected chi connectivity index (χ2v) is 8.69. The van der Waals surface area contributed by atoms with Crippen molar-refractivity contribution in [3.05, 3.63) is 70.5 Å². The van der Waals surface area contributed by atoms with Gasteiger partial charge in [0.25, 0.3) is 5.88 Å². The maximum atomic E-state index is 12.9. The first kappa shape index (κ1) is 21.3. The fourth-order valence-corrected chi connectivity index (χ4v) is 3.92. The monoisotopic (exact) mass is 480 g/mol. The standard InChI is InChI=1S/C24H25BrN4O2/c1-16-5-8-20(9-6-16)31-24-22(26-11-12-27-24)29-13-3-4-18(15-29)23(30)28-19-7-10-21(25)17(2)14-19/h5-12,14,18H,3-4,13,15H2,1-2H3,(H,28,30)/t18-/m0/s1. The van der Waals surface area contributed by atoms with Crippen molar-refractivity contribution in [2.45, 2.75) is 26.7 Å². The molecule has 0 radical (unpaired) electrons. The molecule has 1 aromatic heterocycles. The molecule has 1 N–H and O–H groups in total. The highest BCUT2D eigenvalue weighted by molar-refractivity contribution is 9.10. The van der Waals surface area contributed by atoms with Gasteiger partial charge < -0.3 is 15.0 Å². The highest BCUT2D eigenvalue weighted by Crippen LogP contribution is 2.31. The van der Waals surface area contributed by atoms with Gasteiger partial charge in [-0.3, -0.25) is 4.79 Å². The van der Waals surface area contributed by atoms with Gasteiger partial charge in [-0.05, 0) is 62.6 Å². The zero-order valence-corrected chi connectivity index (χ0v) is 19.2. The van der Waals surface area contributed by atoms with Gasteiger partial charge in [-0.1, -0.05) is 33.6 Å². The molecule has 0 spiro atoms. The number of aromatic nitrogens is 2. The molecule has 31 heavy (non-hydrogen) atoms. The summed E-state index contributed by atoms with van der Waals surface area (Å²) in [4.78, 5) is 23.9. The number of amides is 1. The quantitative estimate of drug-likeness (QED) is 0.521. The van der Waals surface area contributed by atoms with Gasteiger partial charge in [0.15, 0.2) is 5.82 Å². The van der Waals surface area contributed by atoms with Gasteiger partial charge in [0.1, 0.15) is 5.75 Å². The molecule has 1 fully saturated rings. The minimum atomic E-state index is -0.132. The van der Waals surface area contributed by atoms with Crippen LogP contribution in [0.2, 0.25) is 0 Å². The summed E-state index contributed by atoms with van der Waals surface area (Å²) in [6.45, 7) is 5.42. The molecule has 2 aromatic carbocycles. The fourth-order valence-electron chi connectivity index (χ4n) is 3.68. The number of halogens is 1. The van der Waals surface area contributed by atoms with Crippen LogP contribution in [0.3, 0.4) is 0 Å². The highest BCUT2D eigenvalue weighted by Gasteiger charge is 2.28. The molecule has 0 saturated carbocycles. The van der Waals surface area contributed by atoms with E-state index in [2.05, 4.69) is 36.1 Å². The van der Waals surface area contributed by atoms with Gasteiger partial charge in [0.05, 0.1) is 5.92 Å². The van der Waals surface area contributed by atoms with Crippen molar-refractivity contribution in [1.82, 2.24) is 9.97 Å². The number of ether oxygens (including phenoxy) is 1. The molecule has 160 valence electrons. The SMILES string of the molecule is Cc1ccc(Oc2nccnc2N2CCC[C@H](C(=O)Nc3ccc(Br)c(C)c3)C2)cc1. The third-order valence-corrected chi connectivity index (χ3v) is 6.29. The molecule has 2 heterocycles. The van der Waals surface area contributed by atoms with Crippen molar-refractivity contribution in [3.63, 3.8) is 0 Å². The topological polar surface area (TPSA) is 67.4 Å². The second-order valence-electron chi connectivity index (χ2n) is 7.84. The van der Waals surface area contributed by atoms with Crippen LogP contribution in [0.1, 0.15) is 24.0 Å². The van der Waals surface area contributed by atoms with E-state index in [1.165, 1.54) is 0 Å². The van der Waals surface area contributed by atoms with Gasteiger partial charge in [0, 0.05) is 35.6 Å². The van der Waals surface area contributed by atoms with Crippen molar-refractivity contribution in [2.75, 3.05) is 23.3 Å². The molecule has 1 amide bonds. The molecule has 1 saturated heterocycles. The Hall–Kier alpha value is -2.93. The summed E-state index contributed by atoms with van der Waals surface area (Å²) in [6.07, 6.45) is 5.02. The maximum Gasteiger partial charge on any atom is 0.263 e. The van der Waals surface area contributed by atoms with E-state index in [-0.39, 0.29) is 11.8 Å². The Bertz CT molecular complexity index is 1070. The Morgan fingerprint density at radius 2 is 1.90 bits per heavy atom. The molecule has 7 heteroatoms. The lowest BCUT2D eigenvalue weighted by Crippen LogP contribution is -2.41. The molecule has 0 bridgehead atoms. The minimum Gasteiger partial charge on any atom is -0.436 e. The van der Waals surface area contributed by atoms with Crippen molar-refractivity contribution >= 4 is 33.3 Å². The first-order valence-electron chi connectivity index (χ1n) is 10.4. The zero-order valence-electron chi connectivity index (χ0n) is 17.6. The van der Waals surface area contributed by atoms with Crippen molar-refractivity contribution in [1.29, 1.82) is 0 Å². The molecule has 6 nitrogen and oxygen atoms in total. The first-order chi connectivity index (χ1) is 15.0. The Kier molecular flexibility index (Phi) is 6.51. The predicted molar refractivity (Wildman–Crippen MR) is 126 cm³/mol. The van der Waals surface area contributed by atoms with Crippen LogP contribution in [-0.2, 0) is 4.79 Å². The average molecular weight is 481 g/mol. The number of aryl methyl sites for hydroxylation is 2. The lowest BCUT2D eigenvalue weighted by atomic mass is 9.97. The van der Waals surface area contributed by atoms with Crippen LogP contribution in [0.15, 0.2) is 59.3 Å². The first-order valence-corrected chi connectivity index (χ1v) is 11.2. The molecule has 1 aliphatic heterocycles. The Morgan fingerprint density at radius 1 is 1.13 bits per heavy atom. The summed E-state index contributed by atoms with van der Waals surface area (Å²) in [5.74, 6) is 1.73. The number of carbonyl (C=O) groups excluding carboxylic acids is 1. The molecule has 3 aromatic rings. The average Bonchev–Trinajstić information content (AvgIpc) is 2.78. The van der Waals surface area contributed by atoms with Crippen LogP contribution in [0.4, 0.5) is 11.5 Å². The van der Waals surface area contributed by atoms with Crippen LogP contribution in [0, 0.1) is 19.8 Å². The van der Waals surface area contributed by atoms with E-state index in [4.69, 9.17) is 4.74 Å². The van der Waals surface area contributed by atoms with Crippen LogP contribution < -0.4 is 15.0 Å². The zero-order chi connectivity index (χ0) is 21.8. The molecule has 0 unspecified atom stereocenters. The number of carbonyl (C=O) groups is 1. The van der Waals surface area contributed by atoms with E-state index < -0.39 is 0 Å². The number of rotatable bonds is 5. The molecule has 1 atom stereocenters. The Labute approximate surface area is 190 Å². The second kappa shape index (κ2) is 9.47. The number of hydrogen-bond acceptors (Lipinski definition) is 5. The molecule has 0 aliphatic carbocycles. The van der Waals surface area contributed by atoms with Crippen LogP contribution >= 0.6 is 15.9 Å². The van der Waals surface area contributed by atoms with Crippen LogP contribution in [0.5, 0.6) is 11.6 Å². The molecular formula is C24H25BrN4O2. The number of anilines is 2. The summed E-state index contributed by atoms with van der Waals surface area (Å²) in [5, 5.41) is 3.06. The molecule has 4 rings (SSSR count). The minimum absolute atomic E-state index is 0.0244. The lowest BCUT2D eigenvalue weighted by Gasteiger charge is -2.33. The van der Waals surface area contributed by atoms with E-state index in [9.17, 15) is 4.79 Å². The number of benzene rings is 2. The normalized spacial score (nSPS) is 16.1. The summed E-state index contributed by atoms with van der Waals surface area (Å²) in [5.41, 5.74) is 3.06. The number of hydrogen-bond donors (Lipinski definition) is 1. The van der Waals surface area contributed by atoms with Crippen molar-refractivity contribution in [3.8, 4) is 11.6 Å². The van der Waals surface area contributed by atoms with Crippen LogP contribution in [-0.4, -0.2) is 29.0 Å². The van der Waals surface area contributed by atoms with Gasteiger partial charge in [-0.2, -0.15) is 0 Å². The van der Waals surface area contributed by atoms with Gasteiger partial charge >= 0.3 is 0 Å². The third kappa shape index (κ3) is 5.22. The number of piperidine rings is 1. The number of nitrogens with zero attached hydrogens (tertiary/aromatic N) is 3. The molecule has 1 aliphatic rings. The summed E-state index contributed by atoms with van der Waals surface area (Å²) >= 11 is 3.50. The largest absolute Gasteiger partial charge is 0.436 e. The van der Waals surface area contributed by atoms with Gasteiger partial charge in [-0.25, -0.2) is 9.97 Å².